The molecule has 1 aromatic heterocycles. The number of aryl methyl sites for hydroxylation is 1. The predicted molar refractivity (Wildman–Crippen MR) is 87.7 cm³/mol. The molecular formula is C16H30N4O2. The summed E-state index contributed by atoms with van der Waals surface area (Å²) in [5.41, 5.74) is 1.41. The van der Waals surface area contributed by atoms with Gasteiger partial charge in [0.15, 0.2) is 0 Å². The number of hydrogen-bond donors (Lipinski definition) is 3. The normalized spacial score (nSPS) is 12.3. The first kappa shape index (κ1) is 18.5. The second-order valence-corrected chi connectivity index (χ2v) is 6.74. The molecule has 1 rings (SSSR count). The fourth-order valence-corrected chi connectivity index (χ4v) is 2.23. The molecular weight excluding hydrogens is 280 g/mol. The van der Waals surface area contributed by atoms with Crippen LogP contribution in [0, 0.1) is 6.92 Å². The summed E-state index contributed by atoms with van der Waals surface area (Å²) in [5.74, 6) is 0. The van der Waals surface area contributed by atoms with Gasteiger partial charge < -0.3 is 15.4 Å². The van der Waals surface area contributed by atoms with E-state index in [4.69, 9.17) is 4.74 Å². The molecule has 0 bridgehead atoms. The van der Waals surface area contributed by atoms with Gasteiger partial charge in [0.25, 0.3) is 0 Å². The van der Waals surface area contributed by atoms with E-state index in [1.807, 2.05) is 33.9 Å². The van der Waals surface area contributed by atoms with Crippen LogP contribution < -0.4 is 10.6 Å². The fourth-order valence-electron chi connectivity index (χ4n) is 2.23. The van der Waals surface area contributed by atoms with E-state index in [2.05, 4.69) is 34.7 Å². The summed E-state index contributed by atoms with van der Waals surface area (Å²) in [7, 11) is 0. The van der Waals surface area contributed by atoms with Gasteiger partial charge in [0.05, 0.1) is 11.7 Å². The highest BCUT2D eigenvalue weighted by molar-refractivity contribution is 5.68. The molecule has 0 saturated carbocycles. The van der Waals surface area contributed by atoms with Gasteiger partial charge in [-0.3, -0.25) is 5.10 Å². The Morgan fingerprint density at radius 2 is 1.95 bits per heavy atom. The van der Waals surface area contributed by atoms with E-state index in [1.54, 1.807) is 0 Å². The fraction of sp³-hybridized carbons (Fsp3) is 0.750. The summed E-state index contributed by atoms with van der Waals surface area (Å²) >= 11 is 0. The first-order valence-electron chi connectivity index (χ1n) is 7.92. The molecule has 0 aliphatic carbocycles. The van der Waals surface area contributed by atoms with Crippen LogP contribution in [0.15, 0.2) is 6.20 Å². The van der Waals surface area contributed by atoms with E-state index in [1.165, 1.54) is 0 Å². The van der Waals surface area contributed by atoms with Gasteiger partial charge in [-0.05, 0) is 40.5 Å². The van der Waals surface area contributed by atoms with Crippen LogP contribution in [0.5, 0.6) is 0 Å². The third kappa shape index (κ3) is 5.67. The Bertz CT molecular complexity index is 473. The lowest BCUT2D eigenvalue weighted by molar-refractivity contribution is 0.0446. The topological polar surface area (TPSA) is 79.0 Å². The molecule has 0 aromatic carbocycles. The van der Waals surface area contributed by atoms with Gasteiger partial charge in [0.1, 0.15) is 5.60 Å². The van der Waals surface area contributed by atoms with Crippen molar-refractivity contribution in [3.8, 4) is 0 Å². The minimum atomic E-state index is -0.487. The van der Waals surface area contributed by atoms with Crippen molar-refractivity contribution in [2.45, 2.75) is 72.1 Å². The largest absolute Gasteiger partial charge is 0.444 e. The number of ether oxygens (including phenoxy) is 1. The Morgan fingerprint density at radius 1 is 1.32 bits per heavy atom. The third-order valence-corrected chi connectivity index (χ3v) is 3.83. The molecule has 0 spiro atoms. The van der Waals surface area contributed by atoms with E-state index < -0.39 is 5.60 Å². The highest BCUT2D eigenvalue weighted by Gasteiger charge is 2.30. The van der Waals surface area contributed by atoms with Gasteiger partial charge in [0.2, 0.25) is 0 Å². The van der Waals surface area contributed by atoms with Gasteiger partial charge in [-0.15, -0.1) is 0 Å². The molecule has 1 amide bonds. The minimum absolute atomic E-state index is 0.306. The predicted octanol–water partition coefficient (Wildman–Crippen LogP) is 2.89. The summed E-state index contributed by atoms with van der Waals surface area (Å²) in [4.78, 5) is 12.1. The maximum Gasteiger partial charge on any atom is 0.408 e. The zero-order valence-corrected chi connectivity index (χ0v) is 14.7. The Hall–Kier alpha value is -1.56. The van der Waals surface area contributed by atoms with E-state index >= 15 is 0 Å². The van der Waals surface area contributed by atoms with Gasteiger partial charge in [-0.25, -0.2) is 4.79 Å². The number of alkyl carbamates (subject to hydrolysis) is 1. The Balaban J connectivity index is 2.58. The Labute approximate surface area is 133 Å². The lowest BCUT2D eigenvalue weighted by atomic mass is 9.92. The maximum atomic E-state index is 12.1. The number of hydrogen-bond acceptors (Lipinski definition) is 4. The molecule has 0 atom stereocenters. The Kier molecular flexibility index (Phi) is 6.41. The summed E-state index contributed by atoms with van der Waals surface area (Å²) in [6.07, 6.45) is 3.13. The summed E-state index contributed by atoms with van der Waals surface area (Å²) in [6.45, 7) is 13.2. The second-order valence-electron chi connectivity index (χ2n) is 6.74. The molecule has 6 heteroatoms. The van der Waals surface area contributed by atoms with Gasteiger partial charge in [-0.2, -0.15) is 5.10 Å². The van der Waals surface area contributed by atoms with Crippen LogP contribution in [0.4, 0.5) is 4.79 Å². The number of amides is 1. The standard InChI is InChI=1S/C16H30N4O2/c1-7-16(8-2,19-14(21)22-15(4,5)6)11-17-9-13-10-18-20-12(13)3/h10,17H,7-9,11H2,1-6H3,(H,18,20)(H,19,21). The average molecular weight is 310 g/mol. The SMILES string of the molecule is CCC(CC)(CNCc1cn[nH]c1C)NC(=O)OC(C)(C)C. The van der Waals surface area contributed by atoms with Crippen molar-refractivity contribution in [1.82, 2.24) is 20.8 Å². The van der Waals surface area contributed by atoms with E-state index in [9.17, 15) is 4.79 Å². The summed E-state index contributed by atoms with van der Waals surface area (Å²) < 4.78 is 5.38. The second kappa shape index (κ2) is 7.63. The first-order valence-corrected chi connectivity index (χ1v) is 7.92. The smallest absolute Gasteiger partial charge is 0.408 e. The highest BCUT2D eigenvalue weighted by atomic mass is 16.6. The van der Waals surface area contributed by atoms with Crippen molar-refractivity contribution in [3.05, 3.63) is 17.5 Å². The number of nitrogens with zero attached hydrogens (tertiary/aromatic N) is 1. The minimum Gasteiger partial charge on any atom is -0.444 e. The molecule has 6 nitrogen and oxygen atoms in total. The zero-order valence-electron chi connectivity index (χ0n) is 14.7. The monoisotopic (exact) mass is 310 g/mol. The maximum absolute atomic E-state index is 12.1. The molecule has 0 saturated heterocycles. The van der Waals surface area contributed by atoms with Crippen molar-refractivity contribution in [2.24, 2.45) is 0 Å². The number of aromatic amines is 1. The van der Waals surface area contributed by atoms with Crippen LogP contribution >= 0.6 is 0 Å². The number of nitrogens with one attached hydrogen (secondary N) is 3. The third-order valence-electron chi connectivity index (χ3n) is 3.83. The van der Waals surface area contributed by atoms with Crippen LogP contribution in [-0.4, -0.2) is 34.0 Å². The number of H-pyrrole nitrogens is 1. The molecule has 0 fully saturated rings. The molecule has 22 heavy (non-hydrogen) atoms. The molecule has 0 aliphatic heterocycles. The van der Waals surface area contributed by atoms with E-state index in [0.717, 1.165) is 30.6 Å². The van der Waals surface area contributed by atoms with Crippen LogP contribution in [-0.2, 0) is 11.3 Å². The van der Waals surface area contributed by atoms with Crippen molar-refractivity contribution in [1.29, 1.82) is 0 Å². The van der Waals surface area contributed by atoms with Crippen LogP contribution in [0.3, 0.4) is 0 Å². The molecule has 126 valence electrons. The van der Waals surface area contributed by atoms with Gasteiger partial charge >= 0.3 is 6.09 Å². The van der Waals surface area contributed by atoms with E-state index in [-0.39, 0.29) is 11.6 Å². The lowest BCUT2D eigenvalue weighted by Crippen LogP contribution is -2.55. The van der Waals surface area contributed by atoms with Crippen molar-refractivity contribution >= 4 is 6.09 Å². The van der Waals surface area contributed by atoms with Crippen molar-refractivity contribution in [2.75, 3.05) is 6.54 Å². The van der Waals surface area contributed by atoms with Gasteiger partial charge in [-0.1, -0.05) is 13.8 Å². The number of carbonyl (C=O) groups is 1. The Morgan fingerprint density at radius 3 is 2.41 bits per heavy atom. The van der Waals surface area contributed by atoms with Crippen molar-refractivity contribution in [3.63, 3.8) is 0 Å². The number of aromatic nitrogens is 2. The molecule has 1 aromatic rings. The van der Waals surface area contributed by atoms with E-state index in [0.29, 0.717) is 6.54 Å². The van der Waals surface area contributed by atoms with Gasteiger partial charge in [0, 0.05) is 24.3 Å². The van der Waals surface area contributed by atoms with Crippen LogP contribution in [0.1, 0.15) is 58.7 Å². The van der Waals surface area contributed by atoms with Crippen LogP contribution in [0.2, 0.25) is 0 Å². The molecule has 1 heterocycles. The summed E-state index contributed by atoms with van der Waals surface area (Å²) in [6, 6.07) is 0. The molecule has 0 aliphatic rings. The zero-order chi connectivity index (χ0) is 16.8. The highest BCUT2D eigenvalue weighted by Crippen LogP contribution is 2.16. The molecule has 0 radical (unpaired) electrons. The summed E-state index contributed by atoms with van der Waals surface area (Å²) in [5, 5.41) is 13.4. The van der Waals surface area contributed by atoms with Crippen LogP contribution in [0.25, 0.3) is 0 Å². The first-order chi connectivity index (χ1) is 10.2. The molecule has 3 N–H and O–H groups in total. The number of rotatable bonds is 7. The van der Waals surface area contributed by atoms with Crippen molar-refractivity contribution < 1.29 is 9.53 Å². The quantitative estimate of drug-likeness (QED) is 0.723. The number of carbonyl (C=O) groups excluding carboxylic acids is 1. The lowest BCUT2D eigenvalue weighted by Gasteiger charge is -2.34. The molecule has 0 unspecified atom stereocenters. The average Bonchev–Trinajstić information content (AvgIpc) is 2.81.